The first-order chi connectivity index (χ1) is 8.90. The second-order valence-corrected chi connectivity index (χ2v) is 4.50. The Morgan fingerprint density at radius 1 is 1.32 bits per heavy atom. The van der Waals surface area contributed by atoms with Gasteiger partial charge in [-0.25, -0.2) is 0 Å². The summed E-state index contributed by atoms with van der Waals surface area (Å²) in [6.45, 7) is 3.81. The number of carbonyl (C=O) groups is 1. The van der Waals surface area contributed by atoms with Crippen molar-refractivity contribution in [1.29, 1.82) is 0 Å². The van der Waals surface area contributed by atoms with E-state index in [1.165, 1.54) is 11.8 Å². The molecular weight excluding hydrogens is 246 g/mol. The van der Waals surface area contributed by atoms with E-state index in [-0.39, 0.29) is 5.91 Å². The maximum atomic E-state index is 11.7. The highest BCUT2D eigenvalue weighted by molar-refractivity contribution is 5.80. The van der Waals surface area contributed by atoms with Crippen LogP contribution in [0.3, 0.4) is 0 Å². The number of likely N-dealkylation sites (N-methyl/N-ethyl adjacent to an activating group) is 1. The average molecular weight is 267 g/mol. The van der Waals surface area contributed by atoms with Crippen LogP contribution in [0.1, 0.15) is 18.1 Å². The van der Waals surface area contributed by atoms with Gasteiger partial charge in [-0.05, 0) is 37.1 Å². The van der Waals surface area contributed by atoms with E-state index >= 15 is 0 Å². The van der Waals surface area contributed by atoms with Gasteiger partial charge in [-0.15, -0.1) is 0 Å². The van der Waals surface area contributed by atoms with Crippen LogP contribution < -0.4 is 9.47 Å². The minimum atomic E-state index is -0.995. The van der Waals surface area contributed by atoms with Gasteiger partial charge in [-0.3, -0.25) is 4.79 Å². The van der Waals surface area contributed by atoms with Crippen LogP contribution in [0.4, 0.5) is 0 Å². The second-order valence-electron chi connectivity index (χ2n) is 4.50. The van der Waals surface area contributed by atoms with Gasteiger partial charge in [0.15, 0.2) is 11.5 Å². The van der Waals surface area contributed by atoms with Gasteiger partial charge in [0.25, 0.3) is 5.91 Å². The van der Waals surface area contributed by atoms with Crippen molar-refractivity contribution in [3.05, 3.63) is 23.3 Å². The monoisotopic (exact) mass is 267 g/mol. The summed E-state index contributed by atoms with van der Waals surface area (Å²) < 4.78 is 10.5. The summed E-state index contributed by atoms with van der Waals surface area (Å²) >= 11 is 0. The van der Waals surface area contributed by atoms with Crippen molar-refractivity contribution in [2.24, 2.45) is 0 Å². The lowest BCUT2D eigenvalue weighted by Crippen LogP contribution is -2.34. The molecule has 0 aliphatic carbocycles. The molecule has 19 heavy (non-hydrogen) atoms. The molecule has 0 radical (unpaired) electrons. The van der Waals surface area contributed by atoms with Crippen LogP contribution in [0.15, 0.2) is 12.1 Å². The molecule has 0 saturated carbocycles. The van der Waals surface area contributed by atoms with Crippen molar-refractivity contribution in [2.45, 2.75) is 26.5 Å². The third-order valence-electron chi connectivity index (χ3n) is 2.98. The number of aliphatic hydroxyl groups is 1. The van der Waals surface area contributed by atoms with Gasteiger partial charge in [0.2, 0.25) is 0 Å². The van der Waals surface area contributed by atoms with Crippen LogP contribution in [0.5, 0.6) is 11.5 Å². The van der Waals surface area contributed by atoms with Crippen LogP contribution in [0.25, 0.3) is 0 Å². The molecule has 1 aromatic rings. The van der Waals surface area contributed by atoms with E-state index in [2.05, 4.69) is 0 Å². The maximum absolute atomic E-state index is 11.7. The van der Waals surface area contributed by atoms with E-state index < -0.39 is 6.10 Å². The van der Waals surface area contributed by atoms with Gasteiger partial charge in [-0.1, -0.05) is 0 Å². The summed E-state index contributed by atoms with van der Waals surface area (Å²) in [4.78, 5) is 13.1. The number of hydrogen-bond acceptors (Lipinski definition) is 4. The number of methoxy groups -OCH3 is 2. The number of benzene rings is 1. The highest BCUT2D eigenvalue weighted by Gasteiger charge is 2.16. The molecule has 5 nitrogen and oxygen atoms in total. The normalized spacial score (nSPS) is 11.9. The van der Waals surface area contributed by atoms with Crippen LogP contribution in [0, 0.1) is 6.92 Å². The fourth-order valence-electron chi connectivity index (χ4n) is 1.85. The van der Waals surface area contributed by atoms with Crippen LogP contribution in [0.2, 0.25) is 0 Å². The molecule has 1 amide bonds. The molecule has 0 saturated heterocycles. The third-order valence-corrected chi connectivity index (χ3v) is 2.98. The molecule has 0 aromatic heterocycles. The predicted octanol–water partition coefficient (Wildman–Crippen LogP) is 1.35. The second kappa shape index (κ2) is 6.43. The number of amides is 1. The van der Waals surface area contributed by atoms with Crippen molar-refractivity contribution < 1.29 is 19.4 Å². The summed E-state index contributed by atoms with van der Waals surface area (Å²) in [5.74, 6) is 0.975. The minimum Gasteiger partial charge on any atom is -0.493 e. The van der Waals surface area contributed by atoms with Crippen molar-refractivity contribution in [3.8, 4) is 11.5 Å². The average Bonchev–Trinajstić information content (AvgIpc) is 2.39. The highest BCUT2D eigenvalue weighted by Crippen LogP contribution is 2.30. The van der Waals surface area contributed by atoms with Crippen LogP contribution >= 0.6 is 0 Å². The fraction of sp³-hybridized carbons (Fsp3) is 0.500. The molecule has 0 heterocycles. The molecule has 1 aromatic carbocycles. The molecule has 1 N–H and O–H groups in total. The van der Waals surface area contributed by atoms with Crippen molar-refractivity contribution >= 4 is 5.91 Å². The number of rotatable bonds is 5. The Bertz CT molecular complexity index is 457. The fourth-order valence-corrected chi connectivity index (χ4v) is 1.85. The van der Waals surface area contributed by atoms with Gasteiger partial charge < -0.3 is 19.5 Å². The molecule has 106 valence electrons. The van der Waals surface area contributed by atoms with Crippen LogP contribution in [-0.4, -0.2) is 43.3 Å². The SMILES string of the molecule is COc1cc(C)c(CN(C)C(=O)C(C)O)cc1OC. The number of aryl methyl sites for hydroxylation is 1. The topological polar surface area (TPSA) is 59.0 Å². The molecule has 0 fully saturated rings. The van der Waals surface area contributed by atoms with Gasteiger partial charge >= 0.3 is 0 Å². The summed E-state index contributed by atoms with van der Waals surface area (Å²) in [6, 6.07) is 3.72. The highest BCUT2D eigenvalue weighted by atomic mass is 16.5. The van der Waals surface area contributed by atoms with Crippen molar-refractivity contribution in [2.75, 3.05) is 21.3 Å². The zero-order valence-corrected chi connectivity index (χ0v) is 12.1. The number of ether oxygens (including phenoxy) is 2. The standard InChI is InChI=1S/C14H21NO4/c1-9-6-12(18-4)13(19-5)7-11(9)8-15(3)14(17)10(2)16/h6-7,10,16H,8H2,1-5H3. The molecule has 1 atom stereocenters. The Kier molecular flexibility index (Phi) is 5.18. The molecule has 1 unspecified atom stereocenters. The molecule has 0 bridgehead atoms. The van der Waals surface area contributed by atoms with E-state index in [1.807, 2.05) is 19.1 Å². The number of hydrogen-bond donors (Lipinski definition) is 1. The van der Waals surface area contributed by atoms with E-state index in [0.717, 1.165) is 11.1 Å². The first kappa shape index (κ1) is 15.3. The lowest BCUT2D eigenvalue weighted by Gasteiger charge is -2.21. The molecule has 5 heteroatoms. The largest absolute Gasteiger partial charge is 0.493 e. The summed E-state index contributed by atoms with van der Waals surface area (Å²) in [5.41, 5.74) is 1.96. The molecular formula is C14H21NO4. The zero-order valence-electron chi connectivity index (χ0n) is 12.1. The lowest BCUT2D eigenvalue weighted by atomic mass is 10.1. The molecule has 1 rings (SSSR count). The van der Waals surface area contributed by atoms with Gasteiger partial charge in [0.1, 0.15) is 6.10 Å². The minimum absolute atomic E-state index is 0.311. The zero-order chi connectivity index (χ0) is 14.6. The molecule has 0 aliphatic rings. The Morgan fingerprint density at radius 2 is 1.84 bits per heavy atom. The summed E-state index contributed by atoms with van der Waals surface area (Å²) in [6.07, 6.45) is -0.995. The summed E-state index contributed by atoms with van der Waals surface area (Å²) in [7, 11) is 4.81. The van der Waals surface area contributed by atoms with E-state index in [9.17, 15) is 9.90 Å². The smallest absolute Gasteiger partial charge is 0.251 e. The Balaban J connectivity index is 2.98. The van der Waals surface area contributed by atoms with Gasteiger partial charge in [-0.2, -0.15) is 0 Å². The van der Waals surface area contributed by atoms with E-state index in [1.54, 1.807) is 21.3 Å². The Hall–Kier alpha value is -1.75. The first-order valence-electron chi connectivity index (χ1n) is 6.05. The summed E-state index contributed by atoms with van der Waals surface area (Å²) in [5, 5.41) is 9.29. The molecule has 0 aliphatic heterocycles. The number of nitrogens with zero attached hydrogens (tertiary/aromatic N) is 1. The predicted molar refractivity (Wildman–Crippen MR) is 72.4 cm³/mol. The number of carbonyl (C=O) groups excluding carboxylic acids is 1. The van der Waals surface area contributed by atoms with E-state index in [0.29, 0.717) is 18.0 Å². The lowest BCUT2D eigenvalue weighted by molar-refractivity contribution is -0.138. The van der Waals surface area contributed by atoms with Crippen molar-refractivity contribution in [1.82, 2.24) is 4.90 Å². The van der Waals surface area contributed by atoms with Crippen LogP contribution in [-0.2, 0) is 11.3 Å². The quantitative estimate of drug-likeness (QED) is 0.875. The van der Waals surface area contributed by atoms with Gasteiger partial charge in [0.05, 0.1) is 14.2 Å². The Labute approximate surface area is 113 Å². The van der Waals surface area contributed by atoms with Crippen molar-refractivity contribution in [3.63, 3.8) is 0 Å². The molecule has 0 spiro atoms. The van der Waals surface area contributed by atoms with E-state index in [4.69, 9.17) is 9.47 Å². The number of aliphatic hydroxyl groups excluding tert-OH is 1. The van der Waals surface area contributed by atoms with Gasteiger partial charge in [0, 0.05) is 13.6 Å². The third kappa shape index (κ3) is 3.61. The Morgan fingerprint density at radius 3 is 2.32 bits per heavy atom. The first-order valence-corrected chi connectivity index (χ1v) is 6.05. The maximum Gasteiger partial charge on any atom is 0.251 e.